The Hall–Kier alpha value is -1.93. The zero-order valence-electron chi connectivity index (χ0n) is 14.0. The molecule has 1 N–H and O–H groups in total. The van der Waals surface area contributed by atoms with E-state index in [-0.39, 0.29) is 6.61 Å². The van der Waals surface area contributed by atoms with Gasteiger partial charge in [0.25, 0.3) is 5.91 Å². The maximum atomic E-state index is 12.2. The number of thiophene rings is 1. The Morgan fingerprint density at radius 3 is 2.72 bits per heavy atom. The van der Waals surface area contributed by atoms with Crippen LogP contribution in [0.15, 0.2) is 5.38 Å². The van der Waals surface area contributed by atoms with E-state index in [0.717, 1.165) is 24.8 Å². The Bertz CT molecular complexity index is 660. The molecule has 3 rings (SSSR count). The Morgan fingerprint density at radius 2 is 2.08 bits per heavy atom. The molecule has 1 aromatic rings. The quantitative estimate of drug-likeness (QED) is 0.745. The highest BCUT2D eigenvalue weighted by molar-refractivity contribution is 7.15. The van der Waals surface area contributed by atoms with Crippen LogP contribution in [0.5, 0.6) is 0 Å². The van der Waals surface area contributed by atoms with Crippen molar-refractivity contribution in [2.45, 2.75) is 44.6 Å². The van der Waals surface area contributed by atoms with Crippen LogP contribution in [0.3, 0.4) is 0 Å². The van der Waals surface area contributed by atoms with Gasteiger partial charge in [0.15, 0.2) is 12.7 Å². The SMILES string of the molecule is CCOC(=O)c1c(C2CC2)csc1NC(=O)COC(=O)[C@H]1CCCO1. The van der Waals surface area contributed by atoms with Crippen LogP contribution in [0.4, 0.5) is 5.00 Å². The molecule has 0 unspecified atom stereocenters. The van der Waals surface area contributed by atoms with Crippen LogP contribution in [0.2, 0.25) is 0 Å². The van der Waals surface area contributed by atoms with Crippen LogP contribution in [0.25, 0.3) is 0 Å². The molecule has 0 radical (unpaired) electrons. The van der Waals surface area contributed by atoms with Crippen molar-refractivity contribution in [2.24, 2.45) is 0 Å². The van der Waals surface area contributed by atoms with Crippen molar-refractivity contribution in [3.8, 4) is 0 Å². The molecule has 7 nitrogen and oxygen atoms in total. The maximum absolute atomic E-state index is 12.2. The molecule has 1 saturated heterocycles. The predicted molar refractivity (Wildman–Crippen MR) is 90.8 cm³/mol. The second-order valence-corrected chi connectivity index (χ2v) is 6.93. The van der Waals surface area contributed by atoms with Gasteiger partial charge < -0.3 is 19.5 Å². The van der Waals surface area contributed by atoms with Crippen molar-refractivity contribution in [1.82, 2.24) is 0 Å². The minimum atomic E-state index is -0.578. The van der Waals surface area contributed by atoms with E-state index in [0.29, 0.717) is 29.5 Å². The molecule has 1 aliphatic heterocycles. The molecule has 8 heteroatoms. The van der Waals surface area contributed by atoms with Crippen molar-refractivity contribution in [2.75, 3.05) is 25.1 Å². The molecular formula is C17H21NO6S. The van der Waals surface area contributed by atoms with Crippen molar-refractivity contribution in [3.63, 3.8) is 0 Å². The summed E-state index contributed by atoms with van der Waals surface area (Å²) in [5.41, 5.74) is 1.35. The van der Waals surface area contributed by atoms with Gasteiger partial charge in [-0.3, -0.25) is 4.79 Å². The number of nitrogens with one attached hydrogen (secondary N) is 1. The van der Waals surface area contributed by atoms with Gasteiger partial charge in [-0.1, -0.05) is 0 Å². The Balaban J connectivity index is 1.60. The van der Waals surface area contributed by atoms with Crippen LogP contribution < -0.4 is 5.32 Å². The van der Waals surface area contributed by atoms with E-state index in [1.807, 2.05) is 5.38 Å². The van der Waals surface area contributed by atoms with Gasteiger partial charge in [-0.05, 0) is 49.5 Å². The van der Waals surface area contributed by atoms with Gasteiger partial charge in [-0.2, -0.15) is 0 Å². The summed E-state index contributed by atoms with van der Waals surface area (Å²) in [5.74, 6) is -1.08. The normalized spacial score (nSPS) is 19.5. The topological polar surface area (TPSA) is 90.9 Å². The smallest absolute Gasteiger partial charge is 0.341 e. The van der Waals surface area contributed by atoms with Crippen LogP contribution in [-0.4, -0.2) is 43.8 Å². The second-order valence-electron chi connectivity index (χ2n) is 6.05. The van der Waals surface area contributed by atoms with E-state index in [1.54, 1.807) is 6.92 Å². The molecule has 1 atom stereocenters. The largest absolute Gasteiger partial charge is 0.462 e. The van der Waals surface area contributed by atoms with Crippen LogP contribution in [0.1, 0.15) is 54.4 Å². The fourth-order valence-corrected chi connectivity index (χ4v) is 3.77. The summed E-state index contributed by atoms with van der Waals surface area (Å²) in [6, 6.07) is 0. The highest BCUT2D eigenvalue weighted by Crippen LogP contribution is 2.46. The first-order valence-electron chi connectivity index (χ1n) is 8.46. The van der Waals surface area contributed by atoms with E-state index in [4.69, 9.17) is 14.2 Å². The lowest BCUT2D eigenvalue weighted by Crippen LogP contribution is -2.27. The number of amides is 1. The zero-order valence-corrected chi connectivity index (χ0v) is 14.9. The molecule has 25 heavy (non-hydrogen) atoms. The Morgan fingerprint density at radius 1 is 1.28 bits per heavy atom. The van der Waals surface area contributed by atoms with E-state index in [1.165, 1.54) is 11.3 Å². The molecule has 2 fully saturated rings. The van der Waals surface area contributed by atoms with Crippen molar-refractivity contribution in [3.05, 3.63) is 16.5 Å². The molecule has 2 heterocycles. The monoisotopic (exact) mass is 367 g/mol. The van der Waals surface area contributed by atoms with Crippen molar-refractivity contribution in [1.29, 1.82) is 0 Å². The summed E-state index contributed by atoms with van der Waals surface area (Å²) in [7, 11) is 0. The number of anilines is 1. The number of hydrogen-bond donors (Lipinski definition) is 1. The fraction of sp³-hybridized carbons (Fsp3) is 0.588. The standard InChI is InChI=1S/C17H21NO6S/c1-2-22-17(21)14-11(10-5-6-10)9-25-15(14)18-13(19)8-24-16(20)12-4-3-7-23-12/h9-10,12H,2-8H2,1H3,(H,18,19)/t12-/m1/s1. The number of carbonyl (C=O) groups is 3. The molecule has 1 saturated carbocycles. The van der Waals surface area contributed by atoms with E-state index >= 15 is 0 Å². The molecule has 0 bridgehead atoms. The van der Waals surface area contributed by atoms with E-state index < -0.39 is 30.6 Å². The third kappa shape index (κ3) is 4.38. The summed E-state index contributed by atoms with van der Waals surface area (Å²) in [6.45, 7) is 2.14. The van der Waals surface area contributed by atoms with Crippen molar-refractivity contribution < 1.29 is 28.6 Å². The van der Waals surface area contributed by atoms with Crippen LogP contribution in [-0.2, 0) is 23.8 Å². The fourth-order valence-electron chi connectivity index (χ4n) is 2.73. The minimum Gasteiger partial charge on any atom is -0.462 e. The van der Waals surface area contributed by atoms with Crippen LogP contribution in [0, 0.1) is 0 Å². The number of hydrogen-bond acceptors (Lipinski definition) is 7. The van der Waals surface area contributed by atoms with Gasteiger partial charge in [0.1, 0.15) is 5.00 Å². The molecule has 136 valence electrons. The first-order valence-corrected chi connectivity index (χ1v) is 9.34. The molecule has 0 spiro atoms. The average molecular weight is 367 g/mol. The van der Waals surface area contributed by atoms with Gasteiger partial charge in [0.2, 0.25) is 0 Å². The number of rotatable bonds is 7. The Kier molecular flexibility index (Phi) is 5.70. The predicted octanol–water partition coefficient (Wildman–Crippen LogP) is 2.46. The molecule has 0 aromatic carbocycles. The lowest BCUT2D eigenvalue weighted by molar-refractivity contribution is -0.156. The highest BCUT2D eigenvalue weighted by Gasteiger charge is 2.32. The molecular weight excluding hydrogens is 346 g/mol. The molecule has 2 aliphatic rings. The summed E-state index contributed by atoms with van der Waals surface area (Å²) < 4.78 is 15.3. The number of ether oxygens (including phenoxy) is 3. The Labute approximate surface area is 149 Å². The lowest BCUT2D eigenvalue weighted by Gasteiger charge is -2.10. The summed E-state index contributed by atoms with van der Waals surface area (Å²) in [5, 5.41) is 4.99. The third-order valence-corrected chi connectivity index (χ3v) is 5.02. The summed E-state index contributed by atoms with van der Waals surface area (Å²) >= 11 is 1.29. The summed E-state index contributed by atoms with van der Waals surface area (Å²) in [6.07, 6.45) is 2.92. The van der Waals surface area contributed by atoms with Gasteiger partial charge in [-0.15, -0.1) is 11.3 Å². The van der Waals surface area contributed by atoms with Gasteiger partial charge >= 0.3 is 11.9 Å². The minimum absolute atomic E-state index is 0.269. The van der Waals surface area contributed by atoms with E-state index in [9.17, 15) is 14.4 Å². The lowest BCUT2D eigenvalue weighted by atomic mass is 10.1. The molecule has 1 aliphatic carbocycles. The van der Waals surface area contributed by atoms with Gasteiger partial charge in [0, 0.05) is 6.61 Å². The third-order valence-electron chi connectivity index (χ3n) is 4.11. The summed E-state index contributed by atoms with van der Waals surface area (Å²) in [4.78, 5) is 36.1. The number of esters is 2. The highest BCUT2D eigenvalue weighted by atomic mass is 32.1. The molecule has 1 aromatic heterocycles. The van der Waals surface area contributed by atoms with Crippen molar-refractivity contribution >= 4 is 34.2 Å². The van der Waals surface area contributed by atoms with E-state index in [2.05, 4.69) is 5.32 Å². The number of carbonyl (C=O) groups excluding carboxylic acids is 3. The molecule has 1 amide bonds. The first kappa shape index (κ1) is 17.9. The zero-order chi connectivity index (χ0) is 17.8. The maximum Gasteiger partial charge on any atom is 0.341 e. The second kappa shape index (κ2) is 7.97. The average Bonchev–Trinajstić information content (AvgIpc) is 3.12. The van der Waals surface area contributed by atoms with Gasteiger partial charge in [-0.25, -0.2) is 9.59 Å². The van der Waals surface area contributed by atoms with Crippen LogP contribution >= 0.6 is 11.3 Å². The van der Waals surface area contributed by atoms with Gasteiger partial charge in [0.05, 0.1) is 12.2 Å². The first-order chi connectivity index (χ1) is 12.1.